The summed E-state index contributed by atoms with van der Waals surface area (Å²) < 4.78 is 52.5. The predicted octanol–water partition coefficient (Wildman–Crippen LogP) is 3.81. The van der Waals surface area contributed by atoms with Gasteiger partial charge in [-0.3, -0.25) is 4.72 Å². The highest BCUT2D eigenvalue weighted by Crippen LogP contribution is 2.33. The number of carboxylic acids is 1. The number of benzene rings is 2. The lowest BCUT2D eigenvalue weighted by molar-refractivity contribution is 0.0696. The van der Waals surface area contributed by atoms with Gasteiger partial charge in [0.25, 0.3) is 15.8 Å². The van der Waals surface area contributed by atoms with Crippen molar-refractivity contribution in [3.05, 3.63) is 53.6 Å². The summed E-state index contributed by atoms with van der Waals surface area (Å²) in [5.41, 5.74) is 0.158. The molecular formula is C15H13F2NO4S2. The molecule has 0 saturated carbocycles. The van der Waals surface area contributed by atoms with Gasteiger partial charge in [0, 0.05) is 4.90 Å². The van der Waals surface area contributed by atoms with Gasteiger partial charge in [-0.25, -0.2) is 13.2 Å². The van der Waals surface area contributed by atoms with Crippen LogP contribution < -0.4 is 4.72 Å². The summed E-state index contributed by atoms with van der Waals surface area (Å²) in [6.45, 7) is 1.51. The summed E-state index contributed by atoms with van der Waals surface area (Å²) in [6.07, 6.45) is 0. The summed E-state index contributed by atoms with van der Waals surface area (Å²) in [6, 6.07) is 9.44. The first kappa shape index (κ1) is 18.2. The third-order valence-corrected chi connectivity index (χ3v) is 5.37. The van der Waals surface area contributed by atoms with Crippen molar-refractivity contribution in [1.29, 1.82) is 0 Å². The third kappa shape index (κ3) is 4.24. The Morgan fingerprint density at radius 2 is 1.88 bits per heavy atom. The zero-order valence-corrected chi connectivity index (χ0v) is 14.0. The van der Waals surface area contributed by atoms with Crippen molar-refractivity contribution < 1.29 is 27.1 Å². The van der Waals surface area contributed by atoms with Crippen molar-refractivity contribution in [3.63, 3.8) is 0 Å². The van der Waals surface area contributed by atoms with Gasteiger partial charge in [-0.1, -0.05) is 30.0 Å². The molecule has 9 heteroatoms. The van der Waals surface area contributed by atoms with Gasteiger partial charge in [-0.2, -0.15) is 8.78 Å². The van der Waals surface area contributed by atoms with Gasteiger partial charge >= 0.3 is 5.97 Å². The van der Waals surface area contributed by atoms with Gasteiger partial charge in [-0.05, 0) is 36.8 Å². The highest BCUT2D eigenvalue weighted by atomic mass is 32.2. The van der Waals surface area contributed by atoms with Crippen LogP contribution in [0, 0.1) is 6.92 Å². The Kier molecular flexibility index (Phi) is 5.45. The first-order chi connectivity index (χ1) is 11.2. The average Bonchev–Trinajstić information content (AvgIpc) is 2.48. The van der Waals surface area contributed by atoms with E-state index in [1.807, 2.05) is 0 Å². The maximum atomic E-state index is 12.6. The normalized spacial score (nSPS) is 11.5. The van der Waals surface area contributed by atoms with E-state index in [2.05, 4.69) is 4.72 Å². The number of aromatic carboxylic acids is 1. The van der Waals surface area contributed by atoms with Crippen molar-refractivity contribution in [2.45, 2.75) is 22.5 Å². The molecule has 0 atom stereocenters. The first-order valence-electron chi connectivity index (χ1n) is 6.61. The Balaban J connectivity index is 2.43. The SMILES string of the molecule is Cc1ccc(C(=O)O)cc1S(=O)(=O)Nc1ccccc1SC(F)F. The first-order valence-corrected chi connectivity index (χ1v) is 8.97. The fourth-order valence-electron chi connectivity index (χ4n) is 1.97. The van der Waals surface area contributed by atoms with Crippen LogP contribution in [0.5, 0.6) is 0 Å². The number of hydrogen-bond donors (Lipinski definition) is 2. The molecule has 0 heterocycles. The number of alkyl halides is 2. The van der Waals surface area contributed by atoms with E-state index in [9.17, 15) is 22.0 Å². The molecular weight excluding hydrogens is 360 g/mol. The minimum atomic E-state index is -4.13. The number of aryl methyl sites for hydroxylation is 1. The van der Waals surface area contributed by atoms with Crippen LogP contribution in [0.4, 0.5) is 14.5 Å². The van der Waals surface area contributed by atoms with Gasteiger partial charge in [-0.15, -0.1) is 0 Å². The maximum absolute atomic E-state index is 12.6. The molecule has 24 heavy (non-hydrogen) atoms. The van der Waals surface area contributed by atoms with Crippen molar-refractivity contribution >= 4 is 33.4 Å². The van der Waals surface area contributed by atoms with Gasteiger partial charge in [0.2, 0.25) is 0 Å². The third-order valence-electron chi connectivity index (χ3n) is 3.07. The number of sulfonamides is 1. The standard InChI is InChI=1S/C15H13F2NO4S2/c1-9-6-7-10(14(19)20)8-13(9)24(21,22)18-11-4-2-3-5-12(11)23-15(16)17/h2-8,15,18H,1H3,(H,19,20). The van der Waals surface area contributed by atoms with E-state index in [4.69, 9.17) is 5.11 Å². The molecule has 0 bridgehead atoms. The zero-order valence-electron chi connectivity index (χ0n) is 12.4. The van der Waals surface area contributed by atoms with E-state index in [1.54, 1.807) is 0 Å². The summed E-state index contributed by atoms with van der Waals surface area (Å²) in [7, 11) is -4.13. The lowest BCUT2D eigenvalue weighted by atomic mass is 10.1. The van der Waals surface area contributed by atoms with Crippen LogP contribution in [0.25, 0.3) is 0 Å². The number of para-hydroxylation sites is 1. The second-order valence-electron chi connectivity index (χ2n) is 4.77. The van der Waals surface area contributed by atoms with Crippen LogP contribution >= 0.6 is 11.8 Å². The molecule has 0 aromatic heterocycles. The Labute approximate surface area is 141 Å². The molecule has 0 fully saturated rings. The second-order valence-corrected chi connectivity index (χ2v) is 7.45. The van der Waals surface area contributed by atoms with E-state index in [0.717, 1.165) is 6.07 Å². The fraction of sp³-hybridized carbons (Fsp3) is 0.133. The minimum Gasteiger partial charge on any atom is -0.478 e. The van der Waals surface area contributed by atoms with Crippen LogP contribution in [-0.4, -0.2) is 25.3 Å². The molecule has 2 rings (SSSR count). The van der Waals surface area contributed by atoms with Crippen molar-refractivity contribution in [1.82, 2.24) is 0 Å². The number of anilines is 1. The van der Waals surface area contributed by atoms with Crippen LogP contribution in [0.1, 0.15) is 15.9 Å². The number of nitrogens with one attached hydrogen (secondary N) is 1. The monoisotopic (exact) mass is 373 g/mol. The smallest absolute Gasteiger partial charge is 0.335 e. The van der Waals surface area contributed by atoms with E-state index in [-0.39, 0.29) is 32.8 Å². The Hall–Kier alpha value is -2.13. The van der Waals surface area contributed by atoms with E-state index in [1.165, 1.54) is 43.3 Å². The average molecular weight is 373 g/mol. The Bertz CT molecular complexity index is 870. The van der Waals surface area contributed by atoms with E-state index < -0.39 is 21.8 Å². The lowest BCUT2D eigenvalue weighted by Crippen LogP contribution is -2.15. The number of halogens is 2. The summed E-state index contributed by atoms with van der Waals surface area (Å²) in [5, 5.41) is 9.00. The van der Waals surface area contributed by atoms with Crippen LogP contribution in [-0.2, 0) is 10.0 Å². The maximum Gasteiger partial charge on any atom is 0.335 e. The lowest BCUT2D eigenvalue weighted by Gasteiger charge is -2.14. The number of carbonyl (C=O) groups is 1. The van der Waals surface area contributed by atoms with Crippen LogP contribution in [0.2, 0.25) is 0 Å². The van der Waals surface area contributed by atoms with Crippen molar-refractivity contribution in [3.8, 4) is 0 Å². The van der Waals surface area contributed by atoms with E-state index in [0.29, 0.717) is 5.56 Å². The summed E-state index contributed by atoms with van der Waals surface area (Å²) >= 11 is 0.219. The Morgan fingerprint density at radius 1 is 1.21 bits per heavy atom. The number of rotatable bonds is 6. The van der Waals surface area contributed by atoms with Gasteiger partial charge in [0.1, 0.15) is 0 Å². The van der Waals surface area contributed by atoms with Crippen molar-refractivity contribution in [2.24, 2.45) is 0 Å². The number of thioether (sulfide) groups is 1. The predicted molar refractivity (Wildman–Crippen MR) is 87.2 cm³/mol. The molecule has 2 N–H and O–H groups in total. The topological polar surface area (TPSA) is 83.5 Å². The zero-order chi connectivity index (χ0) is 17.9. The molecule has 0 unspecified atom stereocenters. The fourth-order valence-corrected chi connectivity index (χ4v) is 3.98. The molecule has 0 aliphatic carbocycles. The molecule has 0 saturated heterocycles. The molecule has 2 aromatic rings. The molecule has 0 aliphatic heterocycles. The largest absolute Gasteiger partial charge is 0.478 e. The molecule has 5 nitrogen and oxygen atoms in total. The highest BCUT2D eigenvalue weighted by Gasteiger charge is 2.21. The quantitative estimate of drug-likeness (QED) is 0.753. The van der Waals surface area contributed by atoms with Gasteiger partial charge in [0.15, 0.2) is 0 Å². The summed E-state index contributed by atoms with van der Waals surface area (Å²) in [4.78, 5) is 10.9. The van der Waals surface area contributed by atoms with Gasteiger partial charge < -0.3 is 5.11 Å². The summed E-state index contributed by atoms with van der Waals surface area (Å²) in [5.74, 6) is -3.96. The van der Waals surface area contributed by atoms with Crippen LogP contribution in [0.15, 0.2) is 52.3 Å². The highest BCUT2D eigenvalue weighted by molar-refractivity contribution is 7.99. The second kappa shape index (κ2) is 7.18. The Morgan fingerprint density at radius 3 is 2.50 bits per heavy atom. The molecule has 0 spiro atoms. The number of carboxylic acid groups (broad SMARTS) is 1. The van der Waals surface area contributed by atoms with Crippen LogP contribution in [0.3, 0.4) is 0 Å². The number of hydrogen-bond acceptors (Lipinski definition) is 4. The van der Waals surface area contributed by atoms with E-state index >= 15 is 0 Å². The molecule has 0 amide bonds. The van der Waals surface area contributed by atoms with Gasteiger partial charge in [0.05, 0.1) is 16.1 Å². The molecule has 0 radical (unpaired) electrons. The minimum absolute atomic E-state index is 0.00271. The van der Waals surface area contributed by atoms with Crippen molar-refractivity contribution in [2.75, 3.05) is 4.72 Å². The molecule has 2 aromatic carbocycles. The molecule has 0 aliphatic rings. The molecule has 128 valence electrons.